The zero-order chi connectivity index (χ0) is 26.1. The summed E-state index contributed by atoms with van der Waals surface area (Å²) in [4.78, 5) is 35.9. The van der Waals surface area contributed by atoms with Crippen molar-refractivity contribution in [3.05, 3.63) is 65.9 Å². The largest absolute Gasteiger partial charge is 0.492 e. The predicted octanol–water partition coefficient (Wildman–Crippen LogP) is 4.18. The molecular weight excluding hydrogens is 470 g/mol. The molecule has 0 bridgehead atoms. The molecule has 0 unspecified atom stereocenters. The van der Waals surface area contributed by atoms with Gasteiger partial charge in [0.2, 0.25) is 0 Å². The predicted molar refractivity (Wildman–Crippen MR) is 144 cm³/mol. The Labute approximate surface area is 216 Å². The van der Waals surface area contributed by atoms with E-state index < -0.39 is 6.10 Å². The van der Waals surface area contributed by atoms with Crippen LogP contribution in [0.15, 0.2) is 54.7 Å². The van der Waals surface area contributed by atoms with E-state index in [-0.39, 0.29) is 11.8 Å². The number of anilines is 5. The van der Waals surface area contributed by atoms with Gasteiger partial charge in [-0.1, -0.05) is 12.1 Å². The Bertz CT molecular complexity index is 1340. The van der Waals surface area contributed by atoms with Crippen LogP contribution in [-0.2, 0) is 0 Å². The van der Waals surface area contributed by atoms with E-state index in [9.17, 15) is 14.7 Å². The lowest BCUT2D eigenvalue weighted by Gasteiger charge is -2.30. The van der Waals surface area contributed by atoms with E-state index in [4.69, 9.17) is 4.74 Å². The number of β-amino-alcohol motifs (C(OH)–C–C–N with tert-alkyl or cyclic N) is 1. The van der Waals surface area contributed by atoms with E-state index in [0.29, 0.717) is 53.8 Å². The number of aliphatic hydroxyl groups is 1. The fourth-order valence-corrected chi connectivity index (χ4v) is 4.89. The number of likely N-dealkylation sites (tertiary alicyclic amines) is 1. The van der Waals surface area contributed by atoms with Gasteiger partial charge in [0, 0.05) is 38.8 Å². The number of piperidine rings is 1. The summed E-state index contributed by atoms with van der Waals surface area (Å²) < 4.78 is 5.87. The van der Waals surface area contributed by atoms with Crippen LogP contribution in [0.5, 0.6) is 5.75 Å². The van der Waals surface area contributed by atoms with Gasteiger partial charge in [0.1, 0.15) is 11.6 Å². The van der Waals surface area contributed by atoms with Crippen molar-refractivity contribution in [1.82, 2.24) is 9.88 Å². The molecule has 1 aromatic heterocycles. The van der Waals surface area contributed by atoms with Crippen LogP contribution in [0.1, 0.15) is 40.5 Å². The Balaban J connectivity index is 1.45. The van der Waals surface area contributed by atoms with E-state index in [0.717, 1.165) is 24.2 Å². The SMILES string of the molecule is CCOc1cc(C(=O)N2CCC[C@H](O)C2)ccc1Nc1cc2c(cn1)N(C)C(=O)c1ccccc1N2C. The lowest BCUT2D eigenvalue weighted by Crippen LogP contribution is -2.42. The molecule has 0 saturated carbocycles. The standard InChI is InChI=1S/C28H31N5O4/c1-4-37-25-14-18(27(35)33-13-7-8-19(34)17-33)11-12-21(25)30-26-15-23-24(16-29-26)32(3)28(36)20-9-5-6-10-22(20)31(23)2/h5-6,9-12,14-16,19,34H,4,7-8,13,17H2,1-3H3,(H,29,30)/t19-/m0/s1. The molecule has 1 atom stereocenters. The normalized spacial score (nSPS) is 17.1. The third-order valence-electron chi connectivity index (χ3n) is 6.86. The molecule has 3 heterocycles. The first-order valence-electron chi connectivity index (χ1n) is 12.5. The first kappa shape index (κ1) is 24.6. The summed E-state index contributed by atoms with van der Waals surface area (Å²) in [7, 11) is 3.67. The summed E-state index contributed by atoms with van der Waals surface area (Å²) in [5, 5.41) is 13.3. The highest BCUT2D eigenvalue weighted by Crippen LogP contribution is 2.40. The van der Waals surface area contributed by atoms with Crippen LogP contribution in [0.2, 0.25) is 0 Å². The summed E-state index contributed by atoms with van der Waals surface area (Å²) in [6.45, 7) is 3.29. The zero-order valence-corrected chi connectivity index (χ0v) is 21.3. The lowest BCUT2D eigenvalue weighted by molar-refractivity contribution is 0.0473. The smallest absolute Gasteiger partial charge is 0.260 e. The Kier molecular flexibility index (Phi) is 6.71. The van der Waals surface area contributed by atoms with E-state index >= 15 is 0 Å². The van der Waals surface area contributed by atoms with Gasteiger partial charge in [-0.15, -0.1) is 0 Å². The first-order chi connectivity index (χ1) is 17.9. The summed E-state index contributed by atoms with van der Waals surface area (Å²) >= 11 is 0. The number of ether oxygens (including phenoxy) is 1. The number of carbonyl (C=O) groups is 2. The second-order valence-corrected chi connectivity index (χ2v) is 9.31. The summed E-state index contributed by atoms with van der Waals surface area (Å²) in [6.07, 6.45) is 2.70. The maximum atomic E-state index is 13.1. The molecule has 9 heteroatoms. The van der Waals surface area contributed by atoms with Crippen molar-refractivity contribution in [3.8, 4) is 5.75 Å². The number of carbonyl (C=O) groups excluding carboxylic acids is 2. The highest BCUT2D eigenvalue weighted by molar-refractivity contribution is 6.13. The molecule has 2 amide bonds. The van der Waals surface area contributed by atoms with Crippen LogP contribution < -0.4 is 19.9 Å². The van der Waals surface area contributed by atoms with E-state index in [2.05, 4.69) is 10.3 Å². The van der Waals surface area contributed by atoms with Crippen LogP contribution >= 0.6 is 0 Å². The number of benzene rings is 2. The van der Waals surface area contributed by atoms with Crippen LogP contribution in [0, 0.1) is 0 Å². The Morgan fingerprint density at radius 3 is 2.70 bits per heavy atom. The molecule has 2 aromatic carbocycles. The van der Waals surface area contributed by atoms with Crippen molar-refractivity contribution < 1.29 is 19.4 Å². The van der Waals surface area contributed by atoms with Crippen molar-refractivity contribution >= 4 is 40.4 Å². The summed E-state index contributed by atoms with van der Waals surface area (Å²) in [5.41, 5.74) is 4.14. The second kappa shape index (κ2) is 10.1. The monoisotopic (exact) mass is 501 g/mol. The molecule has 0 spiro atoms. The van der Waals surface area contributed by atoms with Crippen molar-refractivity contribution in [3.63, 3.8) is 0 Å². The minimum absolute atomic E-state index is 0.0937. The average molecular weight is 502 g/mol. The van der Waals surface area contributed by atoms with Crippen LogP contribution in [0.3, 0.4) is 0 Å². The number of para-hydroxylation sites is 1. The van der Waals surface area contributed by atoms with Crippen LogP contribution in [0.4, 0.5) is 28.6 Å². The quantitative estimate of drug-likeness (QED) is 0.541. The van der Waals surface area contributed by atoms with Gasteiger partial charge < -0.3 is 29.9 Å². The van der Waals surface area contributed by atoms with Gasteiger partial charge in [0.15, 0.2) is 0 Å². The number of nitrogens with one attached hydrogen (secondary N) is 1. The zero-order valence-electron chi connectivity index (χ0n) is 21.3. The molecule has 9 nitrogen and oxygen atoms in total. The van der Waals surface area contributed by atoms with Crippen molar-refractivity contribution in [2.75, 3.05) is 48.9 Å². The maximum absolute atomic E-state index is 13.1. The van der Waals surface area contributed by atoms with Gasteiger partial charge in [-0.25, -0.2) is 4.98 Å². The van der Waals surface area contributed by atoms with Crippen molar-refractivity contribution in [2.24, 2.45) is 0 Å². The molecular formula is C28H31N5O4. The number of hydrogen-bond donors (Lipinski definition) is 2. The van der Waals surface area contributed by atoms with Gasteiger partial charge in [0.05, 0.1) is 47.2 Å². The third kappa shape index (κ3) is 4.70. The summed E-state index contributed by atoms with van der Waals surface area (Å²) in [5.74, 6) is 0.893. The van der Waals surface area contributed by atoms with Gasteiger partial charge >= 0.3 is 0 Å². The number of aromatic nitrogens is 1. The van der Waals surface area contributed by atoms with E-state index in [1.807, 2.05) is 49.2 Å². The topological polar surface area (TPSA) is 98.2 Å². The van der Waals surface area contributed by atoms with Gasteiger partial charge in [-0.3, -0.25) is 9.59 Å². The number of hydrogen-bond acceptors (Lipinski definition) is 7. The number of nitrogens with zero attached hydrogens (tertiary/aromatic N) is 4. The van der Waals surface area contributed by atoms with Gasteiger partial charge in [-0.05, 0) is 50.1 Å². The Morgan fingerprint density at radius 2 is 1.92 bits per heavy atom. The number of aliphatic hydroxyl groups excluding tert-OH is 1. The highest BCUT2D eigenvalue weighted by Gasteiger charge is 2.28. The van der Waals surface area contributed by atoms with Crippen LogP contribution in [-0.4, -0.2) is 66.7 Å². The fourth-order valence-electron chi connectivity index (χ4n) is 4.89. The maximum Gasteiger partial charge on any atom is 0.260 e. The highest BCUT2D eigenvalue weighted by atomic mass is 16.5. The molecule has 3 aromatic rings. The molecule has 37 heavy (non-hydrogen) atoms. The minimum Gasteiger partial charge on any atom is -0.492 e. The molecule has 1 saturated heterocycles. The average Bonchev–Trinajstić information content (AvgIpc) is 2.99. The van der Waals surface area contributed by atoms with E-state index in [1.165, 1.54) is 0 Å². The number of rotatable bonds is 5. The number of pyridine rings is 1. The molecule has 0 aliphatic carbocycles. The third-order valence-corrected chi connectivity index (χ3v) is 6.86. The fraction of sp³-hybridized carbons (Fsp3) is 0.321. The molecule has 192 valence electrons. The Morgan fingerprint density at radius 1 is 1.11 bits per heavy atom. The van der Waals surface area contributed by atoms with Gasteiger partial charge in [-0.2, -0.15) is 0 Å². The molecule has 1 fully saturated rings. The molecule has 5 rings (SSSR count). The number of fused-ring (bicyclic) bond motifs is 2. The molecule has 2 aliphatic rings. The lowest BCUT2D eigenvalue weighted by atomic mass is 10.1. The minimum atomic E-state index is -0.483. The van der Waals surface area contributed by atoms with Crippen molar-refractivity contribution in [2.45, 2.75) is 25.9 Å². The first-order valence-corrected chi connectivity index (χ1v) is 12.5. The second-order valence-electron chi connectivity index (χ2n) is 9.31. The van der Waals surface area contributed by atoms with E-state index in [1.54, 1.807) is 41.2 Å². The van der Waals surface area contributed by atoms with Crippen LogP contribution in [0.25, 0.3) is 0 Å². The summed E-state index contributed by atoms with van der Waals surface area (Å²) in [6, 6.07) is 14.7. The van der Waals surface area contributed by atoms with Gasteiger partial charge in [0.25, 0.3) is 11.8 Å². The molecule has 2 N–H and O–H groups in total. The molecule has 2 aliphatic heterocycles. The van der Waals surface area contributed by atoms with Crippen molar-refractivity contribution in [1.29, 1.82) is 0 Å². The molecule has 0 radical (unpaired) electrons. The number of amides is 2. The Hall–Kier alpha value is -4.11.